The Morgan fingerprint density at radius 2 is 1.93 bits per heavy atom. The SMILES string of the molecule is CC(C)(C)OC(=O)N1CCC([CH2][Zn+])CC1. The van der Waals surface area contributed by atoms with E-state index in [0.717, 1.165) is 31.8 Å². The van der Waals surface area contributed by atoms with Gasteiger partial charge in [-0.2, -0.15) is 0 Å². The molecule has 4 heteroatoms. The first-order valence-electron chi connectivity index (χ1n) is 5.69. The van der Waals surface area contributed by atoms with Crippen LogP contribution in [0, 0.1) is 5.92 Å². The fraction of sp³-hybridized carbons (Fsp3) is 0.909. The molecule has 1 amide bonds. The van der Waals surface area contributed by atoms with Crippen molar-refractivity contribution in [2.75, 3.05) is 13.1 Å². The van der Waals surface area contributed by atoms with Gasteiger partial charge in [-0.05, 0) is 0 Å². The first-order valence-corrected chi connectivity index (χ1v) is 7.79. The summed E-state index contributed by atoms with van der Waals surface area (Å²) < 4.78 is 5.34. The first kappa shape index (κ1) is 13.0. The number of hydrogen-bond acceptors (Lipinski definition) is 2. The molecule has 1 aliphatic rings. The van der Waals surface area contributed by atoms with Crippen LogP contribution in [0.3, 0.4) is 0 Å². The molecule has 15 heavy (non-hydrogen) atoms. The molecule has 0 bridgehead atoms. The summed E-state index contributed by atoms with van der Waals surface area (Å²) in [5, 5.41) is 1.35. The van der Waals surface area contributed by atoms with E-state index in [4.69, 9.17) is 4.74 Å². The van der Waals surface area contributed by atoms with Crippen molar-refractivity contribution in [3.05, 3.63) is 0 Å². The van der Waals surface area contributed by atoms with Crippen LogP contribution in [-0.4, -0.2) is 29.7 Å². The van der Waals surface area contributed by atoms with Crippen LogP contribution in [0.1, 0.15) is 33.6 Å². The van der Waals surface area contributed by atoms with Crippen molar-refractivity contribution in [2.45, 2.75) is 44.2 Å². The Morgan fingerprint density at radius 3 is 2.33 bits per heavy atom. The summed E-state index contributed by atoms with van der Waals surface area (Å²) in [6.45, 7) is 7.48. The monoisotopic (exact) mass is 262 g/mol. The summed E-state index contributed by atoms with van der Waals surface area (Å²) in [4.78, 5) is 13.6. The van der Waals surface area contributed by atoms with Crippen molar-refractivity contribution in [1.29, 1.82) is 0 Å². The van der Waals surface area contributed by atoms with Gasteiger partial charge in [0.2, 0.25) is 0 Å². The molecule has 0 radical (unpaired) electrons. The quantitative estimate of drug-likeness (QED) is 0.681. The number of carbonyl (C=O) groups excluding carboxylic acids is 1. The van der Waals surface area contributed by atoms with Crippen LogP contribution in [-0.2, 0) is 23.0 Å². The van der Waals surface area contributed by atoms with E-state index in [-0.39, 0.29) is 11.7 Å². The van der Waals surface area contributed by atoms with E-state index in [2.05, 4.69) is 0 Å². The zero-order valence-corrected chi connectivity index (χ0v) is 13.1. The third-order valence-electron chi connectivity index (χ3n) is 2.67. The summed E-state index contributed by atoms with van der Waals surface area (Å²) in [5.41, 5.74) is -0.370. The third kappa shape index (κ3) is 4.50. The maximum atomic E-state index is 11.7. The van der Waals surface area contributed by atoms with Crippen molar-refractivity contribution in [3.63, 3.8) is 0 Å². The molecule has 1 rings (SSSR count). The van der Waals surface area contributed by atoms with Gasteiger partial charge in [0.05, 0.1) is 0 Å². The molecule has 0 aliphatic carbocycles. The van der Waals surface area contributed by atoms with Gasteiger partial charge in [0, 0.05) is 0 Å². The van der Waals surface area contributed by atoms with E-state index < -0.39 is 0 Å². The van der Waals surface area contributed by atoms with Crippen molar-refractivity contribution >= 4 is 6.09 Å². The van der Waals surface area contributed by atoms with Crippen molar-refractivity contribution in [2.24, 2.45) is 5.92 Å². The van der Waals surface area contributed by atoms with Gasteiger partial charge in [-0.3, -0.25) is 0 Å². The second-order valence-corrected chi connectivity index (χ2v) is 6.41. The summed E-state index contributed by atoms with van der Waals surface area (Å²) >= 11 is 1.37. The van der Waals surface area contributed by atoms with E-state index in [1.807, 2.05) is 25.7 Å². The number of nitrogens with zero attached hydrogens (tertiary/aromatic N) is 1. The number of ether oxygens (including phenoxy) is 1. The molecule has 0 saturated carbocycles. The Balaban J connectivity index is 2.37. The standard InChI is InChI=1S/C11H20NO2.Zn/c1-9-5-7-12(8-6-9)10(13)14-11(2,3)4;/h9H,1,5-8H2,2-4H3;/q;+1. The van der Waals surface area contributed by atoms with E-state index in [1.54, 1.807) is 0 Å². The minimum absolute atomic E-state index is 0.145. The molecule has 0 atom stereocenters. The van der Waals surface area contributed by atoms with Crippen molar-refractivity contribution < 1.29 is 27.8 Å². The second kappa shape index (κ2) is 5.29. The van der Waals surface area contributed by atoms with Crippen LogP contribution in [0.15, 0.2) is 0 Å². The van der Waals surface area contributed by atoms with Crippen LogP contribution in [0.2, 0.25) is 5.02 Å². The zero-order valence-electron chi connectivity index (χ0n) is 10.1. The number of rotatable bonds is 1. The fourth-order valence-corrected chi connectivity index (χ4v) is 2.94. The average Bonchev–Trinajstić information content (AvgIpc) is 2.15. The molecule has 1 heterocycles. The minimum atomic E-state index is -0.370. The van der Waals surface area contributed by atoms with Gasteiger partial charge < -0.3 is 0 Å². The molecule has 3 nitrogen and oxygen atoms in total. The van der Waals surface area contributed by atoms with Gasteiger partial charge in [-0.1, -0.05) is 0 Å². The predicted molar refractivity (Wildman–Crippen MR) is 55.3 cm³/mol. The summed E-state index contributed by atoms with van der Waals surface area (Å²) in [6.07, 6.45) is 2.16. The molecule has 0 aromatic heterocycles. The number of piperidine rings is 1. The average molecular weight is 264 g/mol. The Labute approximate surface area is 102 Å². The predicted octanol–water partition coefficient (Wildman–Crippen LogP) is 2.60. The second-order valence-electron chi connectivity index (χ2n) is 5.20. The molecule has 0 N–H and O–H groups in total. The Hall–Kier alpha value is -0.107. The molecule has 1 fully saturated rings. The molecule has 0 aromatic carbocycles. The van der Waals surface area contributed by atoms with Crippen LogP contribution in [0.4, 0.5) is 4.79 Å². The van der Waals surface area contributed by atoms with Crippen LogP contribution in [0.5, 0.6) is 0 Å². The molecule has 1 saturated heterocycles. The Kier molecular flexibility index (Phi) is 4.57. The van der Waals surface area contributed by atoms with E-state index in [9.17, 15) is 4.79 Å². The van der Waals surface area contributed by atoms with Crippen LogP contribution < -0.4 is 0 Å². The van der Waals surface area contributed by atoms with Gasteiger partial charge in [0.1, 0.15) is 0 Å². The Morgan fingerprint density at radius 1 is 1.40 bits per heavy atom. The Bertz CT molecular complexity index is 217. The van der Waals surface area contributed by atoms with Gasteiger partial charge in [0.25, 0.3) is 0 Å². The normalized spacial score (nSPS) is 19.1. The number of likely N-dealkylation sites (tertiary alicyclic amines) is 1. The topological polar surface area (TPSA) is 29.5 Å². The van der Waals surface area contributed by atoms with E-state index in [1.165, 1.54) is 23.3 Å². The van der Waals surface area contributed by atoms with E-state index >= 15 is 0 Å². The van der Waals surface area contributed by atoms with Gasteiger partial charge in [0.15, 0.2) is 0 Å². The number of carbonyl (C=O) groups is 1. The van der Waals surface area contributed by atoms with Gasteiger partial charge in [-0.15, -0.1) is 0 Å². The molecule has 0 spiro atoms. The van der Waals surface area contributed by atoms with Gasteiger partial charge in [-0.25, -0.2) is 0 Å². The van der Waals surface area contributed by atoms with Crippen molar-refractivity contribution in [3.8, 4) is 0 Å². The third-order valence-corrected chi connectivity index (χ3v) is 4.39. The van der Waals surface area contributed by atoms with Gasteiger partial charge >= 0.3 is 102 Å². The maximum absolute atomic E-state index is 11.7. The number of hydrogen-bond donors (Lipinski definition) is 0. The number of amides is 1. The van der Waals surface area contributed by atoms with Crippen LogP contribution >= 0.6 is 0 Å². The van der Waals surface area contributed by atoms with Crippen molar-refractivity contribution in [1.82, 2.24) is 4.90 Å². The first-order chi connectivity index (χ1) is 6.92. The molecule has 0 aromatic rings. The summed E-state index contributed by atoms with van der Waals surface area (Å²) in [5.74, 6) is 0.851. The molecule has 1 aliphatic heterocycles. The summed E-state index contributed by atoms with van der Waals surface area (Å²) in [6, 6.07) is 0. The molecule has 0 unspecified atom stereocenters. The zero-order chi connectivity index (χ0) is 11.5. The molecular weight excluding hydrogens is 244 g/mol. The molecular formula is C11H20NO2Zn+. The fourth-order valence-electron chi connectivity index (χ4n) is 1.73. The molecule has 82 valence electrons. The van der Waals surface area contributed by atoms with E-state index in [0.29, 0.717) is 0 Å². The van der Waals surface area contributed by atoms with Crippen LogP contribution in [0.25, 0.3) is 0 Å². The summed E-state index contributed by atoms with van der Waals surface area (Å²) in [7, 11) is 0.